The van der Waals surface area contributed by atoms with Gasteiger partial charge in [-0.3, -0.25) is 4.79 Å². The number of benzene rings is 1. The molecule has 2 atom stereocenters. The van der Waals surface area contributed by atoms with Crippen LogP contribution in [0.3, 0.4) is 0 Å². The molecule has 2 fully saturated rings. The number of imidazole rings is 1. The fourth-order valence-corrected chi connectivity index (χ4v) is 6.34. The van der Waals surface area contributed by atoms with Crippen LogP contribution in [-0.4, -0.2) is 44.5 Å². The third-order valence-corrected chi connectivity index (χ3v) is 7.75. The molecule has 0 bridgehead atoms. The van der Waals surface area contributed by atoms with E-state index in [1.807, 2.05) is 30.5 Å². The smallest absolute Gasteiger partial charge is 0.258 e. The number of nitrogens with zero attached hydrogens (tertiary/aromatic N) is 4. The first-order valence-corrected chi connectivity index (χ1v) is 12.8. The van der Waals surface area contributed by atoms with Crippen LogP contribution in [0.5, 0.6) is 5.75 Å². The van der Waals surface area contributed by atoms with Crippen LogP contribution in [-0.2, 0) is 6.54 Å². The number of methoxy groups -OCH3 is 1. The molecule has 34 heavy (non-hydrogen) atoms. The van der Waals surface area contributed by atoms with Gasteiger partial charge in [0.15, 0.2) is 5.82 Å². The number of carbonyl (C=O) groups is 1. The molecular formula is C28H36N4O2. The van der Waals surface area contributed by atoms with Crippen LogP contribution in [0.25, 0.3) is 11.5 Å². The van der Waals surface area contributed by atoms with Gasteiger partial charge in [0.25, 0.3) is 5.91 Å². The average molecular weight is 461 g/mol. The first-order chi connectivity index (χ1) is 16.5. The number of fused-ring (bicyclic) bond motifs is 1. The van der Waals surface area contributed by atoms with Crippen LogP contribution in [0.4, 0.5) is 0 Å². The second kappa shape index (κ2) is 9.77. The highest BCUT2D eigenvalue weighted by molar-refractivity contribution is 5.97. The number of aromatic nitrogens is 3. The normalized spacial score (nSPS) is 23.3. The summed E-state index contributed by atoms with van der Waals surface area (Å²) in [6.45, 7) is 5.32. The molecule has 4 aliphatic rings. The number of ether oxygens (including phenoxy) is 1. The minimum Gasteiger partial charge on any atom is -0.496 e. The fraction of sp³-hybridized carbons (Fsp3) is 0.536. The Labute approximate surface area is 202 Å². The third-order valence-electron chi connectivity index (χ3n) is 7.75. The highest BCUT2D eigenvalue weighted by Gasteiger charge is 2.37. The van der Waals surface area contributed by atoms with Gasteiger partial charge in [0.1, 0.15) is 17.8 Å². The number of carbonyl (C=O) groups excluding carboxylic acids is 1. The SMILES string of the molecule is COc1cc(Cn2cccc3ncnc2-3)ccc1C(=O)N(C1CCCC1)C1CC(C)CC(C)C1. The Morgan fingerprint density at radius 1 is 1.06 bits per heavy atom. The Hall–Kier alpha value is -2.89. The lowest BCUT2D eigenvalue weighted by molar-refractivity contribution is 0.0426. The highest BCUT2D eigenvalue weighted by atomic mass is 16.5. The van der Waals surface area contributed by atoms with Crippen molar-refractivity contribution in [3.63, 3.8) is 0 Å². The molecule has 180 valence electrons. The number of rotatable bonds is 6. The molecular weight excluding hydrogens is 424 g/mol. The lowest BCUT2D eigenvalue weighted by Crippen LogP contribution is -2.49. The topological polar surface area (TPSA) is 60.2 Å². The van der Waals surface area contributed by atoms with Gasteiger partial charge in [-0.15, -0.1) is 0 Å². The molecule has 1 amide bonds. The summed E-state index contributed by atoms with van der Waals surface area (Å²) in [7, 11) is 1.66. The number of hydrogen-bond acceptors (Lipinski definition) is 4. The van der Waals surface area contributed by atoms with Crippen molar-refractivity contribution in [3.05, 3.63) is 54.0 Å². The van der Waals surface area contributed by atoms with Crippen molar-refractivity contribution in [3.8, 4) is 17.3 Å². The van der Waals surface area contributed by atoms with E-state index >= 15 is 0 Å². The van der Waals surface area contributed by atoms with Crippen molar-refractivity contribution in [2.24, 2.45) is 11.8 Å². The fourth-order valence-electron chi connectivity index (χ4n) is 6.34. The van der Waals surface area contributed by atoms with Crippen LogP contribution in [0.15, 0.2) is 42.9 Å². The van der Waals surface area contributed by atoms with Gasteiger partial charge in [-0.05, 0) is 73.8 Å². The summed E-state index contributed by atoms with van der Waals surface area (Å²) in [5, 5.41) is 0. The second-order valence-corrected chi connectivity index (χ2v) is 10.5. The van der Waals surface area contributed by atoms with Crippen LogP contribution in [0, 0.1) is 11.8 Å². The Bertz CT molecular complexity index is 1090. The van der Waals surface area contributed by atoms with Gasteiger partial charge in [-0.25, -0.2) is 9.97 Å². The zero-order valence-electron chi connectivity index (χ0n) is 20.6. The van der Waals surface area contributed by atoms with Gasteiger partial charge in [-0.2, -0.15) is 0 Å². The maximum absolute atomic E-state index is 14.1. The molecule has 0 radical (unpaired) electrons. The van der Waals surface area contributed by atoms with E-state index in [2.05, 4.69) is 39.3 Å². The molecule has 6 heteroatoms. The van der Waals surface area contributed by atoms with E-state index in [1.54, 1.807) is 13.4 Å². The van der Waals surface area contributed by atoms with Crippen LogP contribution in [0.2, 0.25) is 0 Å². The van der Waals surface area contributed by atoms with Gasteiger partial charge in [0.2, 0.25) is 0 Å². The van der Waals surface area contributed by atoms with Crippen molar-refractivity contribution in [1.82, 2.24) is 19.4 Å². The van der Waals surface area contributed by atoms with E-state index < -0.39 is 0 Å². The van der Waals surface area contributed by atoms with Crippen molar-refractivity contribution in [2.45, 2.75) is 77.4 Å². The first-order valence-electron chi connectivity index (χ1n) is 12.8. The molecule has 5 rings (SSSR count). The maximum Gasteiger partial charge on any atom is 0.258 e. The summed E-state index contributed by atoms with van der Waals surface area (Å²) >= 11 is 0. The Morgan fingerprint density at radius 2 is 1.82 bits per heavy atom. The second-order valence-electron chi connectivity index (χ2n) is 10.5. The van der Waals surface area contributed by atoms with Crippen molar-refractivity contribution < 1.29 is 9.53 Å². The summed E-state index contributed by atoms with van der Waals surface area (Å²) in [6, 6.07) is 10.6. The van der Waals surface area contributed by atoms with E-state index in [1.165, 1.54) is 19.3 Å². The maximum atomic E-state index is 14.1. The molecule has 0 spiro atoms. The van der Waals surface area contributed by atoms with E-state index in [0.29, 0.717) is 41.8 Å². The molecule has 1 aromatic rings. The molecule has 0 saturated heterocycles. The predicted octanol–water partition coefficient (Wildman–Crippen LogP) is 5.65. The van der Waals surface area contributed by atoms with Crippen LogP contribution >= 0.6 is 0 Å². The Morgan fingerprint density at radius 3 is 2.56 bits per heavy atom. The average Bonchev–Trinajstić information content (AvgIpc) is 3.51. The van der Waals surface area contributed by atoms with Gasteiger partial charge in [-0.1, -0.05) is 32.8 Å². The van der Waals surface area contributed by atoms with Gasteiger partial charge in [0, 0.05) is 24.8 Å². The van der Waals surface area contributed by atoms with Crippen molar-refractivity contribution >= 4 is 5.91 Å². The summed E-state index contributed by atoms with van der Waals surface area (Å²) in [5.41, 5.74) is 2.63. The van der Waals surface area contributed by atoms with Crippen molar-refractivity contribution in [1.29, 1.82) is 0 Å². The lowest BCUT2D eigenvalue weighted by atomic mass is 9.79. The molecule has 2 aliphatic heterocycles. The van der Waals surface area contributed by atoms with Gasteiger partial charge in [0.05, 0.1) is 12.7 Å². The van der Waals surface area contributed by atoms with E-state index in [4.69, 9.17) is 4.74 Å². The summed E-state index contributed by atoms with van der Waals surface area (Å²) in [4.78, 5) is 25.0. The minimum absolute atomic E-state index is 0.137. The first kappa shape index (κ1) is 22.9. The molecule has 2 saturated carbocycles. The largest absolute Gasteiger partial charge is 0.496 e. The standard InChI is InChI=1S/C28H36N4O2/c1-19-13-20(2)15-23(14-19)32(22-7-4-5-8-22)28(33)24-11-10-21(16-26(24)34-3)17-31-12-6-9-25-27(31)30-18-29-25/h6,9-12,16,18-20,22-23H,4-5,7-8,13-15,17H2,1-3H3. The Balaban J connectivity index is 1.43. The summed E-state index contributed by atoms with van der Waals surface area (Å²) in [6.07, 6.45) is 11.7. The molecule has 2 unspecified atom stereocenters. The minimum atomic E-state index is 0.137. The molecule has 2 heterocycles. The van der Waals surface area contributed by atoms with Crippen LogP contribution in [0.1, 0.15) is 74.7 Å². The van der Waals surface area contributed by atoms with Crippen LogP contribution < -0.4 is 4.74 Å². The zero-order valence-corrected chi connectivity index (χ0v) is 20.6. The van der Waals surface area contributed by atoms with Gasteiger partial charge < -0.3 is 14.2 Å². The lowest BCUT2D eigenvalue weighted by Gasteiger charge is -2.42. The predicted molar refractivity (Wildman–Crippen MR) is 133 cm³/mol. The molecule has 2 aliphatic carbocycles. The monoisotopic (exact) mass is 460 g/mol. The molecule has 0 aromatic heterocycles. The van der Waals surface area contributed by atoms with E-state index in [9.17, 15) is 4.79 Å². The van der Waals surface area contributed by atoms with E-state index in [-0.39, 0.29) is 5.91 Å². The number of amides is 1. The Kier molecular flexibility index (Phi) is 6.57. The molecule has 6 nitrogen and oxygen atoms in total. The molecule has 0 N–H and O–H groups in total. The van der Waals surface area contributed by atoms with Gasteiger partial charge >= 0.3 is 0 Å². The van der Waals surface area contributed by atoms with E-state index in [0.717, 1.165) is 42.8 Å². The third kappa shape index (κ3) is 4.55. The molecule has 1 aromatic carbocycles. The number of pyridine rings is 1. The van der Waals surface area contributed by atoms with Crippen molar-refractivity contribution in [2.75, 3.05) is 7.11 Å². The summed E-state index contributed by atoms with van der Waals surface area (Å²) < 4.78 is 7.85. The quantitative estimate of drug-likeness (QED) is 0.477. The number of hydrogen-bond donors (Lipinski definition) is 0. The highest BCUT2D eigenvalue weighted by Crippen LogP contribution is 2.37. The summed E-state index contributed by atoms with van der Waals surface area (Å²) in [5.74, 6) is 2.97. The zero-order chi connectivity index (χ0) is 23.7.